The number of likely N-dealkylation sites (tertiary alicyclic amines) is 1. The summed E-state index contributed by atoms with van der Waals surface area (Å²) in [6, 6.07) is 1.66. The van der Waals surface area contributed by atoms with Crippen molar-refractivity contribution in [3.8, 4) is 6.07 Å². The van der Waals surface area contributed by atoms with Crippen LogP contribution >= 0.6 is 47.6 Å². The lowest BCUT2D eigenvalue weighted by Gasteiger charge is -2.18. The van der Waals surface area contributed by atoms with Gasteiger partial charge in [0, 0.05) is 18.2 Å². The maximum atomic E-state index is 12.3. The molecular formula is C14H12Cl2N2OS2. The molecule has 1 amide bonds. The Hall–Kier alpha value is -1.06. The van der Waals surface area contributed by atoms with Gasteiger partial charge >= 0.3 is 0 Å². The summed E-state index contributed by atoms with van der Waals surface area (Å²) in [5.41, 5.74) is 0.230. The minimum atomic E-state index is -0.435. The number of allylic oxidation sites excluding steroid dienone is 3. The highest BCUT2D eigenvalue weighted by molar-refractivity contribution is 7.83. The Bertz CT molecular complexity index is 577. The maximum Gasteiger partial charge on any atom is 0.248 e. The number of carbonyl (C=O) groups is 1. The molecule has 0 saturated carbocycles. The molecule has 1 atom stereocenters. The van der Waals surface area contributed by atoms with E-state index in [1.807, 2.05) is 0 Å². The van der Waals surface area contributed by atoms with Gasteiger partial charge in [0.25, 0.3) is 0 Å². The first-order valence-corrected chi connectivity index (χ1v) is 7.57. The van der Waals surface area contributed by atoms with Gasteiger partial charge in [-0.1, -0.05) is 60.8 Å². The van der Waals surface area contributed by atoms with Crippen molar-refractivity contribution < 1.29 is 4.79 Å². The summed E-state index contributed by atoms with van der Waals surface area (Å²) in [4.78, 5) is 14.1. The van der Waals surface area contributed by atoms with Crippen molar-refractivity contribution in [3.05, 3.63) is 34.9 Å². The minimum absolute atomic E-state index is 0.0857. The molecule has 7 heteroatoms. The van der Waals surface area contributed by atoms with E-state index >= 15 is 0 Å². The number of carbonyl (C=O) groups excluding carboxylic acids is 1. The number of halogens is 2. The summed E-state index contributed by atoms with van der Waals surface area (Å²) in [6.45, 7) is 7.57. The van der Waals surface area contributed by atoms with E-state index < -0.39 is 6.04 Å². The van der Waals surface area contributed by atoms with E-state index in [1.165, 1.54) is 11.0 Å². The largest absolute Gasteiger partial charge is 0.323 e. The SMILES string of the molecule is C=C(Cl)C(=S)C(=CC(=O)N1CCCC1C#N)C(=S)C(=C)Cl. The van der Waals surface area contributed by atoms with Gasteiger partial charge in [0.15, 0.2) is 0 Å². The quantitative estimate of drug-likeness (QED) is 0.555. The van der Waals surface area contributed by atoms with Crippen molar-refractivity contribution >= 4 is 63.3 Å². The predicted molar refractivity (Wildman–Crippen MR) is 93.6 cm³/mol. The molecule has 1 rings (SSSR count). The fraction of sp³-hybridized carbons (Fsp3) is 0.286. The number of hydrogen-bond acceptors (Lipinski definition) is 4. The molecule has 110 valence electrons. The van der Waals surface area contributed by atoms with Gasteiger partial charge in [-0.2, -0.15) is 5.26 Å². The second-order valence-electron chi connectivity index (χ2n) is 4.34. The van der Waals surface area contributed by atoms with Crippen LogP contribution in [0.15, 0.2) is 34.9 Å². The van der Waals surface area contributed by atoms with Crippen molar-refractivity contribution in [3.63, 3.8) is 0 Å². The molecule has 0 aromatic carbocycles. The number of thiocarbonyl (C=S) groups is 2. The molecule has 0 aromatic heterocycles. The van der Waals surface area contributed by atoms with E-state index in [2.05, 4.69) is 19.2 Å². The Morgan fingerprint density at radius 3 is 2.24 bits per heavy atom. The first kappa shape index (κ1) is 18.0. The van der Waals surface area contributed by atoms with E-state index in [0.717, 1.165) is 6.42 Å². The topological polar surface area (TPSA) is 44.1 Å². The van der Waals surface area contributed by atoms with Crippen LogP contribution in [-0.4, -0.2) is 33.1 Å². The highest BCUT2D eigenvalue weighted by Gasteiger charge is 2.28. The Morgan fingerprint density at radius 2 is 1.81 bits per heavy atom. The average Bonchev–Trinajstić information content (AvgIpc) is 2.91. The van der Waals surface area contributed by atoms with Crippen LogP contribution in [0.4, 0.5) is 0 Å². The van der Waals surface area contributed by atoms with E-state index in [1.54, 1.807) is 0 Å². The van der Waals surface area contributed by atoms with Crippen LogP contribution in [0.3, 0.4) is 0 Å². The van der Waals surface area contributed by atoms with Gasteiger partial charge in [-0.05, 0) is 12.8 Å². The lowest BCUT2D eigenvalue weighted by atomic mass is 10.1. The molecule has 3 nitrogen and oxygen atoms in total. The van der Waals surface area contributed by atoms with E-state index in [4.69, 9.17) is 52.9 Å². The summed E-state index contributed by atoms with van der Waals surface area (Å²) < 4.78 is 0. The Balaban J connectivity index is 3.14. The summed E-state index contributed by atoms with van der Waals surface area (Å²) in [5, 5.41) is 9.20. The van der Waals surface area contributed by atoms with Gasteiger partial charge in [0.1, 0.15) is 6.04 Å². The second-order valence-corrected chi connectivity index (χ2v) is 6.07. The van der Waals surface area contributed by atoms with Crippen LogP contribution in [0.2, 0.25) is 0 Å². The zero-order valence-corrected chi connectivity index (χ0v) is 14.2. The van der Waals surface area contributed by atoms with Gasteiger partial charge in [-0.15, -0.1) is 0 Å². The van der Waals surface area contributed by atoms with Crippen molar-refractivity contribution in [2.24, 2.45) is 0 Å². The molecule has 1 saturated heterocycles. The van der Waals surface area contributed by atoms with Gasteiger partial charge in [-0.3, -0.25) is 4.79 Å². The molecule has 1 heterocycles. The number of nitrogens with zero attached hydrogens (tertiary/aromatic N) is 2. The molecule has 0 radical (unpaired) electrons. The van der Waals surface area contributed by atoms with Crippen molar-refractivity contribution in [1.82, 2.24) is 4.90 Å². The van der Waals surface area contributed by atoms with Crippen molar-refractivity contribution in [1.29, 1.82) is 5.26 Å². The lowest BCUT2D eigenvalue weighted by molar-refractivity contribution is -0.125. The normalized spacial score (nSPS) is 16.8. The number of nitriles is 1. The predicted octanol–water partition coefficient (Wildman–Crippen LogP) is 3.67. The first-order valence-electron chi connectivity index (χ1n) is 5.99. The van der Waals surface area contributed by atoms with Crippen LogP contribution < -0.4 is 0 Å². The standard InChI is InChI=1S/C14H12Cl2N2OS2/c1-8(15)13(20)11(14(21)9(2)16)6-12(19)18-5-3-4-10(18)7-17/h6,10H,1-5H2. The van der Waals surface area contributed by atoms with E-state index in [-0.39, 0.29) is 31.3 Å². The number of amides is 1. The summed E-state index contributed by atoms with van der Waals surface area (Å²) in [5.74, 6) is -0.352. The molecule has 21 heavy (non-hydrogen) atoms. The molecular weight excluding hydrogens is 347 g/mol. The van der Waals surface area contributed by atoms with Gasteiger partial charge in [0.05, 0.1) is 25.9 Å². The molecule has 1 aliphatic rings. The third kappa shape index (κ3) is 4.45. The fourth-order valence-corrected chi connectivity index (χ4v) is 2.49. The summed E-state index contributed by atoms with van der Waals surface area (Å²) >= 11 is 21.8. The van der Waals surface area contributed by atoms with Crippen LogP contribution in [0.25, 0.3) is 0 Å². The monoisotopic (exact) mass is 358 g/mol. The molecule has 0 N–H and O–H groups in total. The zero-order valence-electron chi connectivity index (χ0n) is 11.1. The highest BCUT2D eigenvalue weighted by Crippen LogP contribution is 2.21. The smallest absolute Gasteiger partial charge is 0.248 e. The molecule has 0 aromatic rings. The summed E-state index contributed by atoms with van der Waals surface area (Å²) in [6.07, 6.45) is 2.69. The molecule has 1 unspecified atom stereocenters. The molecule has 1 aliphatic heterocycles. The fourth-order valence-electron chi connectivity index (χ4n) is 1.90. The first-order chi connectivity index (χ1) is 9.79. The van der Waals surface area contributed by atoms with Crippen LogP contribution in [0.5, 0.6) is 0 Å². The summed E-state index contributed by atoms with van der Waals surface area (Å²) in [7, 11) is 0. The maximum absolute atomic E-state index is 12.3. The number of rotatable bonds is 5. The highest BCUT2D eigenvalue weighted by atomic mass is 35.5. The number of hydrogen-bond donors (Lipinski definition) is 0. The van der Waals surface area contributed by atoms with Gasteiger partial charge < -0.3 is 4.90 Å². The van der Waals surface area contributed by atoms with Gasteiger partial charge in [-0.25, -0.2) is 0 Å². The molecule has 0 spiro atoms. The van der Waals surface area contributed by atoms with Crippen molar-refractivity contribution in [2.75, 3.05) is 6.54 Å². The van der Waals surface area contributed by atoms with Crippen molar-refractivity contribution in [2.45, 2.75) is 18.9 Å². The zero-order chi connectivity index (χ0) is 16.2. The third-order valence-corrected chi connectivity index (χ3v) is 4.47. The van der Waals surface area contributed by atoms with E-state index in [0.29, 0.717) is 13.0 Å². The third-order valence-electron chi connectivity index (χ3n) is 2.93. The Labute approximate surface area is 144 Å². The molecule has 0 aliphatic carbocycles. The average molecular weight is 359 g/mol. The van der Waals surface area contributed by atoms with Crippen LogP contribution in [0.1, 0.15) is 12.8 Å². The second kappa shape index (κ2) is 7.81. The van der Waals surface area contributed by atoms with Crippen LogP contribution in [-0.2, 0) is 4.79 Å². The van der Waals surface area contributed by atoms with E-state index in [9.17, 15) is 4.79 Å². The molecule has 1 fully saturated rings. The molecule has 0 bridgehead atoms. The minimum Gasteiger partial charge on any atom is -0.323 e. The lowest BCUT2D eigenvalue weighted by Crippen LogP contribution is -2.34. The van der Waals surface area contributed by atoms with Crippen LogP contribution in [0, 0.1) is 11.3 Å². The van der Waals surface area contributed by atoms with Gasteiger partial charge in [0.2, 0.25) is 5.91 Å². The Kier molecular flexibility index (Phi) is 6.69. The Morgan fingerprint density at radius 1 is 1.29 bits per heavy atom.